The number of ether oxygens (including phenoxy) is 1. The topological polar surface area (TPSA) is 81.3 Å². The van der Waals surface area contributed by atoms with Crippen LogP contribution in [0.15, 0.2) is 40.9 Å². The third-order valence-electron chi connectivity index (χ3n) is 3.30. The van der Waals surface area contributed by atoms with Crippen molar-refractivity contribution in [2.24, 2.45) is 4.40 Å². The molecule has 1 unspecified atom stereocenters. The van der Waals surface area contributed by atoms with Crippen LogP contribution in [0.3, 0.4) is 0 Å². The summed E-state index contributed by atoms with van der Waals surface area (Å²) in [4.78, 5) is 4.03. The van der Waals surface area contributed by atoms with Crippen LogP contribution in [0.4, 0.5) is 4.39 Å². The maximum Gasteiger partial charge on any atom is 0.213 e. The molecule has 0 radical (unpaired) electrons. The van der Waals surface area contributed by atoms with E-state index in [1.54, 1.807) is 39.0 Å². The summed E-state index contributed by atoms with van der Waals surface area (Å²) in [6, 6.07) is 9.37. The Morgan fingerprint density at radius 1 is 1.36 bits per heavy atom. The van der Waals surface area contributed by atoms with Gasteiger partial charge in [0.2, 0.25) is 5.88 Å². The van der Waals surface area contributed by atoms with E-state index in [1.807, 2.05) is 6.07 Å². The van der Waals surface area contributed by atoms with Crippen molar-refractivity contribution in [3.63, 3.8) is 0 Å². The van der Waals surface area contributed by atoms with Crippen molar-refractivity contribution in [1.82, 2.24) is 4.98 Å². The molecule has 0 amide bonds. The van der Waals surface area contributed by atoms with Crippen molar-refractivity contribution in [1.29, 1.82) is 5.26 Å². The van der Waals surface area contributed by atoms with Gasteiger partial charge in [0, 0.05) is 23.4 Å². The van der Waals surface area contributed by atoms with Crippen molar-refractivity contribution in [2.45, 2.75) is 25.5 Å². The van der Waals surface area contributed by atoms with Gasteiger partial charge in [-0.05, 0) is 32.9 Å². The third-order valence-corrected chi connectivity index (χ3v) is 4.69. The van der Waals surface area contributed by atoms with Gasteiger partial charge in [-0.2, -0.15) is 5.26 Å². The first-order chi connectivity index (χ1) is 11.8. The molecule has 0 aliphatic carbocycles. The minimum atomic E-state index is -1.60. The number of rotatable bonds is 4. The second-order valence-corrected chi connectivity index (χ2v) is 8.07. The van der Waals surface area contributed by atoms with Gasteiger partial charge in [0.25, 0.3) is 0 Å². The van der Waals surface area contributed by atoms with Crippen molar-refractivity contribution >= 4 is 17.1 Å². The van der Waals surface area contributed by atoms with Gasteiger partial charge >= 0.3 is 0 Å². The molecule has 25 heavy (non-hydrogen) atoms. The van der Waals surface area contributed by atoms with E-state index in [2.05, 4.69) is 9.38 Å². The molecule has 2 aromatic rings. The molecule has 0 spiro atoms. The first-order valence-corrected chi connectivity index (χ1v) is 8.58. The molecule has 2 rings (SSSR count). The molecular formula is C18H18FN3O2S. The Hall–Kier alpha value is -2.43. The number of halogens is 1. The molecule has 0 fully saturated rings. The minimum Gasteiger partial charge on any atom is -0.591 e. The summed E-state index contributed by atoms with van der Waals surface area (Å²) in [5.74, 6) is -0.322. The lowest BCUT2D eigenvalue weighted by Crippen LogP contribution is -2.27. The van der Waals surface area contributed by atoms with Crippen LogP contribution >= 0.6 is 0 Å². The summed E-state index contributed by atoms with van der Waals surface area (Å²) < 4.78 is 35.4. The second-order valence-electron chi connectivity index (χ2n) is 6.16. The Morgan fingerprint density at radius 2 is 2.08 bits per heavy atom. The molecule has 1 aromatic heterocycles. The molecule has 1 aromatic carbocycles. The summed E-state index contributed by atoms with van der Waals surface area (Å²) in [5, 5.41) is 9.33. The highest BCUT2D eigenvalue weighted by molar-refractivity contribution is 7.91. The van der Waals surface area contributed by atoms with Crippen molar-refractivity contribution in [2.75, 3.05) is 7.11 Å². The predicted octanol–water partition coefficient (Wildman–Crippen LogP) is 3.40. The largest absolute Gasteiger partial charge is 0.591 e. The SMILES string of the molecule is COc1cc(/C(=N/[S+]([O-])C(C)(C)C)c2cccc(F)c2C#N)ccn1. The number of methoxy groups -OCH3 is 1. The highest BCUT2D eigenvalue weighted by Gasteiger charge is 2.29. The number of nitrogens with zero attached hydrogens (tertiary/aromatic N) is 3. The van der Waals surface area contributed by atoms with Gasteiger partial charge in [0.05, 0.1) is 12.7 Å². The average Bonchev–Trinajstić information content (AvgIpc) is 2.58. The molecule has 0 bridgehead atoms. The summed E-state index contributed by atoms with van der Waals surface area (Å²) in [5.41, 5.74) is 0.910. The lowest BCUT2D eigenvalue weighted by molar-refractivity contribution is 0.398. The zero-order valence-corrected chi connectivity index (χ0v) is 15.2. The van der Waals surface area contributed by atoms with E-state index in [9.17, 15) is 14.2 Å². The Bertz CT molecular complexity index is 841. The normalized spacial score (nSPS) is 13.2. The van der Waals surface area contributed by atoms with Crippen molar-refractivity contribution < 1.29 is 13.7 Å². The third kappa shape index (κ3) is 4.35. The Labute approximate surface area is 149 Å². The lowest BCUT2D eigenvalue weighted by Gasteiger charge is -2.20. The predicted molar refractivity (Wildman–Crippen MR) is 95.4 cm³/mol. The van der Waals surface area contributed by atoms with E-state index < -0.39 is 21.9 Å². The molecule has 0 N–H and O–H groups in total. The quantitative estimate of drug-likeness (QED) is 0.619. The summed E-state index contributed by atoms with van der Waals surface area (Å²) in [7, 11) is 1.47. The summed E-state index contributed by atoms with van der Waals surface area (Å²) in [6.07, 6.45) is 1.51. The van der Waals surface area contributed by atoms with Gasteiger partial charge in [-0.3, -0.25) is 0 Å². The number of benzene rings is 1. The van der Waals surface area contributed by atoms with E-state index >= 15 is 0 Å². The molecule has 7 heteroatoms. The highest BCUT2D eigenvalue weighted by Crippen LogP contribution is 2.24. The minimum absolute atomic E-state index is 0.150. The molecule has 1 atom stereocenters. The van der Waals surface area contributed by atoms with Gasteiger partial charge in [0.1, 0.15) is 33.7 Å². The van der Waals surface area contributed by atoms with Crippen molar-refractivity contribution in [3.05, 3.63) is 59.0 Å². The highest BCUT2D eigenvalue weighted by atomic mass is 32.2. The van der Waals surface area contributed by atoms with Crippen LogP contribution in [0, 0.1) is 17.1 Å². The van der Waals surface area contributed by atoms with Gasteiger partial charge in [0.15, 0.2) is 0 Å². The Balaban J connectivity index is 2.72. The summed E-state index contributed by atoms with van der Waals surface area (Å²) >= 11 is -1.60. The molecule has 0 aliphatic heterocycles. The fourth-order valence-electron chi connectivity index (χ4n) is 1.98. The maximum atomic E-state index is 14.1. The number of hydrogen-bond donors (Lipinski definition) is 0. The average molecular weight is 359 g/mol. The molecule has 0 aliphatic rings. The molecular weight excluding hydrogens is 341 g/mol. The van der Waals surface area contributed by atoms with Crippen LogP contribution in [0.25, 0.3) is 0 Å². The van der Waals surface area contributed by atoms with E-state index in [0.29, 0.717) is 11.4 Å². The zero-order valence-electron chi connectivity index (χ0n) is 14.4. The van der Waals surface area contributed by atoms with Crippen LogP contribution < -0.4 is 4.74 Å². The van der Waals surface area contributed by atoms with Gasteiger partial charge in [-0.25, -0.2) is 9.37 Å². The monoisotopic (exact) mass is 359 g/mol. The zero-order chi connectivity index (χ0) is 18.6. The van der Waals surface area contributed by atoms with Crippen LogP contribution in [0.5, 0.6) is 5.88 Å². The van der Waals surface area contributed by atoms with Crippen LogP contribution in [-0.2, 0) is 11.4 Å². The van der Waals surface area contributed by atoms with E-state index in [4.69, 9.17) is 4.74 Å². The van der Waals surface area contributed by atoms with Crippen LogP contribution in [-0.4, -0.2) is 27.1 Å². The maximum absolute atomic E-state index is 14.1. The number of aromatic nitrogens is 1. The molecule has 5 nitrogen and oxygen atoms in total. The van der Waals surface area contributed by atoms with E-state index in [0.717, 1.165) is 0 Å². The Morgan fingerprint density at radius 3 is 2.68 bits per heavy atom. The molecule has 1 heterocycles. The number of hydrogen-bond acceptors (Lipinski definition) is 5. The smallest absolute Gasteiger partial charge is 0.213 e. The van der Waals surface area contributed by atoms with Crippen LogP contribution in [0.1, 0.15) is 37.5 Å². The van der Waals surface area contributed by atoms with Gasteiger partial charge in [-0.1, -0.05) is 16.5 Å². The summed E-state index contributed by atoms with van der Waals surface area (Å²) in [6.45, 7) is 5.36. The first kappa shape index (κ1) is 18.9. The standard InChI is InChI=1S/C18H18FN3O2S/c1-18(2,3)25(23)22-17(12-8-9-21-16(10-12)24-4)13-6-5-7-15(19)14(13)11-20/h5-10H,1-4H3/b22-17-. The van der Waals surface area contributed by atoms with E-state index in [-0.39, 0.29) is 16.8 Å². The number of nitriles is 1. The van der Waals surface area contributed by atoms with E-state index in [1.165, 1.54) is 25.4 Å². The Kier molecular flexibility index (Phi) is 5.77. The number of pyridine rings is 1. The molecule has 0 saturated heterocycles. The van der Waals surface area contributed by atoms with Gasteiger partial charge in [-0.15, -0.1) is 0 Å². The van der Waals surface area contributed by atoms with Crippen LogP contribution in [0.2, 0.25) is 0 Å². The van der Waals surface area contributed by atoms with Crippen molar-refractivity contribution in [3.8, 4) is 11.9 Å². The first-order valence-electron chi connectivity index (χ1n) is 7.48. The van der Waals surface area contributed by atoms with Gasteiger partial charge < -0.3 is 9.29 Å². The fraction of sp³-hybridized carbons (Fsp3) is 0.278. The molecule has 130 valence electrons. The lowest BCUT2D eigenvalue weighted by atomic mass is 9.98. The molecule has 0 saturated carbocycles. The second kappa shape index (κ2) is 7.64. The fourth-order valence-corrected chi connectivity index (χ4v) is 2.62.